The van der Waals surface area contributed by atoms with E-state index in [1.54, 1.807) is 0 Å². The average Bonchev–Trinajstić information content (AvgIpc) is 2.27. The minimum absolute atomic E-state index is 0.763. The maximum absolute atomic E-state index is 4.97. The van der Waals surface area contributed by atoms with Crippen LogP contribution in [0.1, 0.15) is 5.69 Å². The van der Waals surface area contributed by atoms with Gasteiger partial charge in [-0.05, 0) is 19.1 Å². The highest BCUT2D eigenvalue weighted by atomic mass is 32.1. The molecule has 11 heavy (non-hydrogen) atoms. The van der Waals surface area contributed by atoms with Crippen molar-refractivity contribution in [2.24, 2.45) is 0 Å². The molecule has 0 unspecified atom stereocenters. The summed E-state index contributed by atoms with van der Waals surface area (Å²) in [5.41, 5.74) is 2.26. The molecule has 0 spiro atoms. The van der Waals surface area contributed by atoms with Gasteiger partial charge in [0.2, 0.25) is 0 Å². The number of pyridine rings is 1. The van der Waals surface area contributed by atoms with Crippen LogP contribution in [0, 0.1) is 11.6 Å². The lowest BCUT2D eigenvalue weighted by Crippen LogP contribution is -1.72. The van der Waals surface area contributed by atoms with E-state index in [2.05, 4.69) is 16.0 Å². The second kappa shape index (κ2) is 2.20. The van der Waals surface area contributed by atoms with Gasteiger partial charge in [-0.3, -0.25) is 0 Å². The van der Waals surface area contributed by atoms with Crippen molar-refractivity contribution in [1.82, 2.24) is 9.97 Å². The van der Waals surface area contributed by atoms with Crippen LogP contribution in [0.4, 0.5) is 0 Å². The van der Waals surface area contributed by atoms with Crippen molar-refractivity contribution in [1.29, 1.82) is 0 Å². The van der Waals surface area contributed by atoms with Crippen LogP contribution < -0.4 is 0 Å². The highest BCUT2D eigenvalue weighted by molar-refractivity contribution is 7.71. The monoisotopic (exact) mass is 164 g/mol. The van der Waals surface area contributed by atoms with E-state index in [-0.39, 0.29) is 0 Å². The predicted molar refractivity (Wildman–Crippen MR) is 48.2 cm³/mol. The zero-order valence-corrected chi connectivity index (χ0v) is 6.96. The summed E-state index contributed by atoms with van der Waals surface area (Å²) >= 11 is 4.97. The van der Waals surface area contributed by atoms with Crippen molar-refractivity contribution < 1.29 is 0 Å². The predicted octanol–water partition coefficient (Wildman–Crippen LogP) is 2.53. The fourth-order valence-electron chi connectivity index (χ4n) is 1.19. The van der Waals surface area contributed by atoms with Gasteiger partial charge < -0.3 is 9.97 Å². The molecule has 2 heterocycles. The van der Waals surface area contributed by atoms with Gasteiger partial charge in [0.1, 0.15) is 4.64 Å². The van der Waals surface area contributed by atoms with Crippen LogP contribution in [0.3, 0.4) is 0 Å². The summed E-state index contributed by atoms with van der Waals surface area (Å²) in [5, 5.41) is 1.18. The van der Waals surface area contributed by atoms with Gasteiger partial charge in [-0.25, -0.2) is 0 Å². The fraction of sp³-hybridized carbons (Fsp3) is 0.125. The molecule has 0 fully saturated rings. The largest absolute Gasteiger partial charge is 0.359 e. The Bertz CT molecular complexity index is 439. The molecule has 2 aromatic heterocycles. The summed E-state index contributed by atoms with van der Waals surface area (Å²) in [6.45, 7) is 2.03. The maximum Gasteiger partial charge on any atom is 0.105 e. The van der Waals surface area contributed by atoms with Crippen molar-refractivity contribution in [3.8, 4) is 0 Å². The third-order valence-electron chi connectivity index (χ3n) is 1.66. The standard InChI is InChI=1S/C8H8N2S/c1-5-2-6-4-9-8(11)3-7(6)10-5/h2-4,10H,1H3,(H,9,11). The van der Waals surface area contributed by atoms with Crippen molar-refractivity contribution in [3.63, 3.8) is 0 Å². The SMILES string of the molecule is Cc1cc2c[nH]c(=S)cc2[nH]1. The molecule has 3 heteroatoms. The lowest BCUT2D eigenvalue weighted by atomic mass is 10.3. The number of fused-ring (bicyclic) bond motifs is 1. The van der Waals surface area contributed by atoms with Gasteiger partial charge in [0.25, 0.3) is 0 Å². The second-order valence-electron chi connectivity index (χ2n) is 2.62. The number of aromatic nitrogens is 2. The lowest BCUT2D eigenvalue weighted by Gasteiger charge is -1.86. The molecule has 2 aromatic rings. The van der Waals surface area contributed by atoms with Crippen LogP contribution in [0.15, 0.2) is 18.3 Å². The number of hydrogen-bond donors (Lipinski definition) is 2. The molecular weight excluding hydrogens is 156 g/mol. The van der Waals surface area contributed by atoms with E-state index in [9.17, 15) is 0 Å². The van der Waals surface area contributed by atoms with E-state index in [4.69, 9.17) is 12.2 Å². The highest BCUT2D eigenvalue weighted by Gasteiger charge is 1.94. The summed E-state index contributed by atoms with van der Waals surface area (Å²) in [7, 11) is 0. The number of nitrogens with one attached hydrogen (secondary N) is 2. The van der Waals surface area contributed by atoms with E-state index in [1.165, 1.54) is 5.39 Å². The molecule has 56 valence electrons. The van der Waals surface area contributed by atoms with Crippen molar-refractivity contribution in [2.75, 3.05) is 0 Å². The maximum atomic E-state index is 4.97. The molecule has 0 bridgehead atoms. The lowest BCUT2D eigenvalue weighted by molar-refractivity contribution is 1.29. The third kappa shape index (κ3) is 1.07. The topological polar surface area (TPSA) is 31.6 Å². The minimum Gasteiger partial charge on any atom is -0.359 e. The van der Waals surface area contributed by atoms with Crippen molar-refractivity contribution in [3.05, 3.63) is 28.7 Å². The molecule has 0 atom stereocenters. The zero-order valence-electron chi connectivity index (χ0n) is 6.14. The van der Waals surface area contributed by atoms with Gasteiger partial charge >= 0.3 is 0 Å². The summed E-state index contributed by atoms with van der Waals surface area (Å²) in [4.78, 5) is 6.20. The Morgan fingerprint density at radius 1 is 1.36 bits per heavy atom. The Kier molecular flexibility index (Phi) is 1.32. The first-order chi connectivity index (χ1) is 5.25. The molecule has 2 rings (SSSR count). The van der Waals surface area contributed by atoms with Crippen LogP contribution in [0.25, 0.3) is 10.9 Å². The van der Waals surface area contributed by atoms with Crippen LogP contribution >= 0.6 is 12.2 Å². The smallest absolute Gasteiger partial charge is 0.105 e. The Morgan fingerprint density at radius 3 is 3.00 bits per heavy atom. The van der Waals surface area contributed by atoms with E-state index in [0.717, 1.165) is 15.9 Å². The van der Waals surface area contributed by atoms with Crippen molar-refractivity contribution >= 4 is 23.1 Å². The molecule has 2 nitrogen and oxygen atoms in total. The average molecular weight is 164 g/mol. The zero-order chi connectivity index (χ0) is 7.84. The normalized spacial score (nSPS) is 10.6. The quantitative estimate of drug-likeness (QED) is 0.576. The van der Waals surface area contributed by atoms with Gasteiger partial charge in [0, 0.05) is 22.8 Å². The van der Waals surface area contributed by atoms with Crippen LogP contribution in [0.5, 0.6) is 0 Å². The minimum atomic E-state index is 0.763. The Balaban J connectivity index is 2.92. The molecule has 0 radical (unpaired) electrons. The van der Waals surface area contributed by atoms with Crippen LogP contribution in [-0.2, 0) is 0 Å². The highest BCUT2D eigenvalue weighted by Crippen LogP contribution is 2.12. The second-order valence-corrected chi connectivity index (χ2v) is 3.06. The first-order valence-electron chi connectivity index (χ1n) is 3.44. The Labute approximate surface area is 69.3 Å². The van der Waals surface area contributed by atoms with Gasteiger partial charge in [-0.15, -0.1) is 0 Å². The van der Waals surface area contributed by atoms with E-state index < -0.39 is 0 Å². The van der Waals surface area contributed by atoms with Crippen molar-refractivity contribution in [2.45, 2.75) is 6.92 Å². The summed E-state index contributed by atoms with van der Waals surface area (Å²) in [5.74, 6) is 0. The molecule has 0 saturated heterocycles. The molecule has 0 saturated carbocycles. The van der Waals surface area contributed by atoms with Gasteiger partial charge in [0.05, 0.1) is 0 Å². The number of hydrogen-bond acceptors (Lipinski definition) is 1. The third-order valence-corrected chi connectivity index (χ3v) is 1.90. The van der Waals surface area contributed by atoms with E-state index >= 15 is 0 Å². The van der Waals surface area contributed by atoms with E-state index in [1.807, 2.05) is 19.2 Å². The molecule has 0 amide bonds. The first kappa shape index (κ1) is 6.61. The van der Waals surface area contributed by atoms with E-state index in [0.29, 0.717) is 0 Å². The summed E-state index contributed by atoms with van der Waals surface area (Å²) < 4.78 is 0.763. The van der Waals surface area contributed by atoms with Gasteiger partial charge in [0.15, 0.2) is 0 Å². The number of H-pyrrole nitrogens is 2. The summed E-state index contributed by atoms with van der Waals surface area (Å²) in [6.07, 6.45) is 1.92. The molecule has 2 N–H and O–H groups in total. The summed E-state index contributed by atoms with van der Waals surface area (Å²) in [6, 6.07) is 4.01. The van der Waals surface area contributed by atoms with Gasteiger partial charge in [-0.1, -0.05) is 12.2 Å². The van der Waals surface area contributed by atoms with Crippen LogP contribution in [-0.4, -0.2) is 9.97 Å². The number of aromatic amines is 2. The molecule has 0 aromatic carbocycles. The van der Waals surface area contributed by atoms with Crippen LogP contribution in [0.2, 0.25) is 0 Å². The Morgan fingerprint density at radius 2 is 2.18 bits per heavy atom. The first-order valence-corrected chi connectivity index (χ1v) is 3.84. The molecule has 0 aliphatic rings. The number of rotatable bonds is 0. The molecule has 0 aliphatic heterocycles. The molecular formula is C8H8N2S. The fourth-order valence-corrected chi connectivity index (χ4v) is 1.37. The van der Waals surface area contributed by atoms with Gasteiger partial charge in [-0.2, -0.15) is 0 Å². The Hall–Kier alpha value is -1.09. The molecule has 0 aliphatic carbocycles. The number of aryl methyl sites for hydroxylation is 1.